The van der Waals surface area contributed by atoms with Gasteiger partial charge in [0, 0.05) is 11.4 Å². The van der Waals surface area contributed by atoms with Crippen molar-refractivity contribution in [2.24, 2.45) is 0 Å². The van der Waals surface area contributed by atoms with Crippen LogP contribution >= 0.6 is 35.4 Å². The number of hydrogen-bond donors (Lipinski definition) is 4. The first-order valence-electron chi connectivity index (χ1n) is 8.13. The number of rotatable bonds is 6. The van der Waals surface area contributed by atoms with Gasteiger partial charge in [-0.25, -0.2) is 0 Å². The molecule has 0 fully saturated rings. The van der Waals surface area contributed by atoms with Crippen molar-refractivity contribution in [1.29, 1.82) is 0 Å². The number of hydrogen-bond acceptors (Lipinski definition) is 5. The fourth-order valence-electron chi connectivity index (χ4n) is 2.07. The van der Waals surface area contributed by atoms with Crippen LogP contribution in [0.5, 0.6) is 11.5 Å². The number of ether oxygens (including phenoxy) is 1. The van der Waals surface area contributed by atoms with E-state index in [1.165, 1.54) is 12.1 Å². The largest absolute Gasteiger partial charge is 0.507 e. The van der Waals surface area contributed by atoms with Crippen LogP contribution in [0.1, 0.15) is 23.2 Å². The van der Waals surface area contributed by atoms with E-state index in [2.05, 4.69) is 16.2 Å². The highest BCUT2D eigenvalue weighted by Crippen LogP contribution is 2.27. The van der Waals surface area contributed by atoms with Crippen LogP contribution in [0.3, 0.4) is 0 Å². The van der Waals surface area contributed by atoms with Crippen molar-refractivity contribution in [3.8, 4) is 11.5 Å². The first-order valence-corrected chi connectivity index (χ1v) is 9.29. The third-order valence-electron chi connectivity index (χ3n) is 3.39. The summed E-state index contributed by atoms with van der Waals surface area (Å²) < 4.78 is 5.49. The summed E-state index contributed by atoms with van der Waals surface area (Å²) in [5.74, 6) is -0.629. The SMILES string of the molecule is O=C(CCCOc1ccc(Cl)cc1Cl)NC(=S)NNC(=O)c1ccccc1O. The molecule has 0 saturated heterocycles. The van der Waals surface area contributed by atoms with Crippen molar-refractivity contribution in [1.82, 2.24) is 16.2 Å². The molecule has 148 valence electrons. The van der Waals surface area contributed by atoms with Crippen molar-refractivity contribution in [3.63, 3.8) is 0 Å². The van der Waals surface area contributed by atoms with Gasteiger partial charge in [-0.3, -0.25) is 20.4 Å². The lowest BCUT2D eigenvalue weighted by Gasteiger charge is -2.11. The van der Waals surface area contributed by atoms with E-state index >= 15 is 0 Å². The monoisotopic (exact) mass is 441 g/mol. The Kier molecular flexibility index (Phi) is 8.31. The lowest BCUT2D eigenvalue weighted by Crippen LogP contribution is -2.48. The molecule has 0 unspecified atom stereocenters. The number of aromatic hydroxyl groups is 1. The highest BCUT2D eigenvalue weighted by Gasteiger charge is 2.11. The first-order chi connectivity index (χ1) is 13.4. The second kappa shape index (κ2) is 10.7. The second-order valence-electron chi connectivity index (χ2n) is 5.50. The fourth-order valence-corrected chi connectivity index (χ4v) is 2.70. The number of halogens is 2. The Morgan fingerprint density at radius 1 is 1.11 bits per heavy atom. The number of carbonyl (C=O) groups excluding carboxylic acids is 2. The third kappa shape index (κ3) is 6.88. The number of nitrogens with one attached hydrogen (secondary N) is 3. The summed E-state index contributed by atoms with van der Waals surface area (Å²) in [6.07, 6.45) is 0.581. The Labute approximate surface area is 176 Å². The number of carbonyl (C=O) groups is 2. The van der Waals surface area contributed by atoms with Gasteiger partial charge >= 0.3 is 0 Å². The molecule has 0 radical (unpaired) electrons. The van der Waals surface area contributed by atoms with E-state index < -0.39 is 5.91 Å². The topological polar surface area (TPSA) is 99.7 Å². The molecule has 4 N–H and O–H groups in total. The summed E-state index contributed by atoms with van der Waals surface area (Å²) in [5, 5.41) is 12.9. The van der Waals surface area contributed by atoms with Crippen LogP contribution in [0, 0.1) is 0 Å². The third-order valence-corrected chi connectivity index (χ3v) is 4.13. The molecule has 0 heterocycles. The van der Waals surface area contributed by atoms with E-state index in [1.807, 2.05) is 0 Å². The zero-order valence-corrected chi connectivity index (χ0v) is 16.8. The maximum absolute atomic E-state index is 11.9. The number of benzene rings is 2. The molecule has 0 aliphatic carbocycles. The first kappa shape index (κ1) is 21.7. The quantitative estimate of drug-likeness (QED) is 0.312. The minimum Gasteiger partial charge on any atom is -0.507 e. The van der Waals surface area contributed by atoms with Crippen molar-refractivity contribution in [2.75, 3.05) is 6.61 Å². The maximum Gasteiger partial charge on any atom is 0.273 e. The fraction of sp³-hybridized carbons (Fsp3) is 0.167. The highest BCUT2D eigenvalue weighted by molar-refractivity contribution is 7.80. The smallest absolute Gasteiger partial charge is 0.273 e. The van der Waals surface area contributed by atoms with Crippen LogP contribution in [-0.4, -0.2) is 28.6 Å². The molecule has 2 amide bonds. The predicted octanol–water partition coefficient (Wildman–Crippen LogP) is 3.19. The summed E-state index contributed by atoms with van der Waals surface area (Å²) in [6, 6.07) is 10.9. The van der Waals surface area contributed by atoms with E-state index in [9.17, 15) is 14.7 Å². The molecule has 0 aromatic heterocycles. The molecule has 2 aromatic carbocycles. The highest BCUT2D eigenvalue weighted by atomic mass is 35.5. The van der Waals surface area contributed by atoms with Gasteiger partial charge in [-0.05, 0) is 49.0 Å². The van der Waals surface area contributed by atoms with Crippen LogP contribution < -0.4 is 20.9 Å². The van der Waals surface area contributed by atoms with Crippen LogP contribution in [0.4, 0.5) is 0 Å². The van der Waals surface area contributed by atoms with Gasteiger partial charge in [-0.15, -0.1) is 0 Å². The van der Waals surface area contributed by atoms with Gasteiger partial charge < -0.3 is 15.2 Å². The van der Waals surface area contributed by atoms with Crippen LogP contribution in [0.15, 0.2) is 42.5 Å². The summed E-state index contributed by atoms with van der Waals surface area (Å²) in [7, 11) is 0. The lowest BCUT2D eigenvalue weighted by atomic mass is 10.2. The van der Waals surface area contributed by atoms with Gasteiger partial charge in [-0.2, -0.15) is 0 Å². The molecule has 0 atom stereocenters. The molecule has 28 heavy (non-hydrogen) atoms. The van der Waals surface area contributed by atoms with Gasteiger partial charge in [0.2, 0.25) is 5.91 Å². The number of para-hydroxylation sites is 1. The molecular formula is C18H17Cl2N3O4S. The molecule has 0 spiro atoms. The van der Waals surface area contributed by atoms with E-state index in [4.69, 9.17) is 40.2 Å². The van der Waals surface area contributed by atoms with Crippen molar-refractivity contribution in [2.45, 2.75) is 12.8 Å². The summed E-state index contributed by atoms with van der Waals surface area (Å²) in [6.45, 7) is 0.277. The van der Waals surface area contributed by atoms with E-state index in [0.29, 0.717) is 22.2 Å². The zero-order chi connectivity index (χ0) is 20.5. The van der Waals surface area contributed by atoms with Gasteiger partial charge in [0.05, 0.1) is 17.2 Å². The van der Waals surface area contributed by atoms with Crippen LogP contribution in [0.25, 0.3) is 0 Å². The number of amides is 2. The standard InChI is InChI=1S/C18H17Cl2N3O4S/c19-11-7-8-15(13(20)10-11)27-9-3-6-16(25)21-18(28)23-22-17(26)12-4-1-2-5-14(12)24/h1-2,4-5,7-8,10,24H,3,6,9H2,(H,22,26)(H2,21,23,25,28). The number of hydrazine groups is 1. The van der Waals surface area contributed by atoms with E-state index in [1.54, 1.807) is 30.3 Å². The Hall–Kier alpha value is -2.55. The van der Waals surface area contributed by atoms with Gasteiger partial charge in [0.15, 0.2) is 5.11 Å². The molecule has 0 saturated carbocycles. The molecule has 0 bridgehead atoms. The van der Waals surface area contributed by atoms with Gasteiger partial charge in [0.1, 0.15) is 11.5 Å². The summed E-state index contributed by atoms with van der Waals surface area (Å²) in [4.78, 5) is 23.8. The number of phenols is 1. The normalized spacial score (nSPS) is 10.1. The molecular weight excluding hydrogens is 425 g/mol. The Morgan fingerprint density at radius 2 is 1.86 bits per heavy atom. The van der Waals surface area contributed by atoms with Crippen LogP contribution in [-0.2, 0) is 4.79 Å². The Bertz CT molecular complexity index is 880. The molecule has 0 aliphatic heterocycles. The molecule has 2 rings (SSSR count). The molecule has 7 nitrogen and oxygen atoms in total. The molecule has 2 aromatic rings. The zero-order valence-electron chi connectivity index (χ0n) is 14.5. The Balaban J connectivity index is 1.66. The molecule has 10 heteroatoms. The minimum atomic E-state index is -0.594. The Morgan fingerprint density at radius 3 is 2.57 bits per heavy atom. The van der Waals surface area contributed by atoms with Crippen molar-refractivity contribution < 1.29 is 19.4 Å². The number of phenolic OH excluding ortho intramolecular Hbond substituents is 1. The average Bonchev–Trinajstić information content (AvgIpc) is 2.65. The maximum atomic E-state index is 11.9. The number of thiocarbonyl (C=S) groups is 1. The lowest BCUT2D eigenvalue weighted by molar-refractivity contribution is -0.119. The molecule has 0 aliphatic rings. The van der Waals surface area contributed by atoms with Gasteiger partial charge in [0.25, 0.3) is 5.91 Å². The van der Waals surface area contributed by atoms with Crippen LogP contribution in [0.2, 0.25) is 10.0 Å². The van der Waals surface area contributed by atoms with Gasteiger partial charge in [-0.1, -0.05) is 35.3 Å². The predicted molar refractivity (Wildman–Crippen MR) is 111 cm³/mol. The second-order valence-corrected chi connectivity index (χ2v) is 6.75. The average molecular weight is 442 g/mol. The van der Waals surface area contributed by atoms with E-state index in [0.717, 1.165) is 0 Å². The summed E-state index contributed by atoms with van der Waals surface area (Å²) >= 11 is 16.7. The van der Waals surface area contributed by atoms with E-state index in [-0.39, 0.29) is 35.4 Å². The van der Waals surface area contributed by atoms with Crippen molar-refractivity contribution in [3.05, 3.63) is 58.1 Å². The van der Waals surface area contributed by atoms with Crippen molar-refractivity contribution >= 4 is 52.3 Å². The minimum absolute atomic E-state index is 0.0714. The summed E-state index contributed by atoms with van der Waals surface area (Å²) in [5.41, 5.74) is 4.76.